The molecule has 0 radical (unpaired) electrons. The summed E-state index contributed by atoms with van der Waals surface area (Å²) in [6, 6.07) is 3.30. The summed E-state index contributed by atoms with van der Waals surface area (Å²) < 4.78 is 1.45. The van der Waals surface area contributed by atoms with Crippen LogP contribution < -0.4 is 0 Å². The molecular formula is C8H5ClN4O2. The van der Waals surface area contributed by atoms with Crippen molar-refractivity contribution in [3.8, 4) is 5.82 Å². The molecule has 0 aliphatic rings. The quantitative estimate of drug-likeness (QED) is 0.576. The van der Waals surface area contributed by atoms with Crippen molar-refractivity contribution in [2.75, 3.05) is 0 Å². The number of hydrogen-bond acceptors (Lipinski definition) is 4. The Morgan fingerprint density at radius 2 is 2.20 bits per heavy atom. The predicted octanol–water partition coefficient (Wildman–Crippen LogP) is 1.83. The van der Waals surface area contributed by atoms with Crippen LogP contribution in [0.15, 0.2) is 30.9 Å². The van der Waals surface area contributed by atoms with E-state index in [1.807, 2.05) is 0 Å². The van der Waals surface area contributed by atoms with Gasteiger partial charge < -0.3 is 10.1 Å². The van der Waals surface area contributed by atoms with Crippen molar-refractivity contribution < 1.29 is 4.92 Å². The first-order valence-corrected chi connectivity index (χ1v) is 4.35. The Hall–Kier alpha value is -1.95. The lowest BCUT2D eigenvalue weighted by Crippen LogP contribution is -1.93. The molecule has 0 amide bonds. The minimum atomic E-state index is -0.563. The monoisotopic (exact) mass is 224 g/mol. The van der Waals surface area contributed by atoms with Crippen molar-refractivity contribution in [2.24, 2.45) is 0 Å². The number of pyridine rings is 1. The van der Waals surface area contributed by atoms with Crippen LogP contribution >= 0.6 is 11.6 Å². The maximum Gasteiger partial charge on any atom is 0.381 e. The van der Waals surface area contributed by atoms with Gasteiger partial charge in [0.15, 0.2) is 0 Å². The highest BCUT2D eigenvalue weighted by molar-refractivity contribution is 6.30. The SMILES string of the molecule is O=[N+]([O-])c1cn(-c2ccc(Cl)cn2)cn1. The topological polar surface area (TPSA) is 73.8 Å². The third-order valence-corrected chi connectivity index (χ3v) is 1.96. The molecule has 0 aliphatic heterocycles. The Morgan fingerprint density at radius 3 is 2.73 bits per heavy atom. The zero-order valence-electron chi connectivity index (χ0n) is 7.37. The van der Waals surface area contributed by atoms with Crippen LogP contribution in [0.25, 0.3) is 5.82 Å². The van der Waals surface area contributed by atoms with Crippen molar-refractivity contribution in [2.45, 2.75) is 0 Å². The lowest BCUT2D eigenvalue weighted by Gasteiger charge is -1.97. The Morgan fingerprint density at radius 1 is 1.40 bits per heavy atom. The number of halogens is 1. The minimum absolute atomic E-state index is 0.216. The fourth-order valence-electron chi connectivity index (χ4n) is 1.05. The van der Waals surface area contributed by atoms with E-state index >= 15 is 0 Å². The maximum atomic E-state index is 10.4. The van der Waals surface area contributed by atoms with E-state index in [9.17, 15) is 10.1 Å². The summed E-state index contributed by atoms with van der Waals surface area (Å²) in [6.07, 6.45) is 4.08. The van der Waals surface area contributed by atoms with Gasteiger partial charge in [0.2, 0.25) is 6.33 Å². The number of imidazole rings is 1. The summed E-state index contributed by atoms with van der Waals surface area (Å²) in [4.78, 5) is 17.4. The molecule has 0 aromatic carbocycles. The van der Waals surface area contributed by atoms with Gasteiger partial charge in [-0.3, -0.25) is 4.57 Å². The lowest BCUT2D eigenvalue weighted by molar-refractivity contribution is -0.389. The van der Waals surface area contributed by atoms with Crippen molar-refractivity contribution in [1.82, 2.24) is 14.5 Å². The first-order valence-electron chi connectivity index (χ1n) is 3.97. The van der Waals surface area contributed by atoms with E-state index in [4.69, 9.17) is 11.6 Å². The maximum absolute atomic E-state index is 10.4. The van der Waals surface area contributed by atoms with Crippen LogP contribution in [0.2, 0.25) is 5.02 Å². The van der Waals surface area contributed by atoms with Crippen LogP contribution in [0.3, 0.4) is 0 Å². The van der Waals surface area contributed by atoms with Crippen molar-refractivity contribution in [1.29, 1.82) is 0 Å². The van der Waals surface area contributed by atoms with Crippen LogP contribution in [0.1, 0.15) is 0 Å². The molecule has 2 aromatic rings. The summed E-state index contributed by atoms with van der Waals surface area (Å²) in [7, 11) is 0. The molecule has 0 saturated carbocycles. The Labute approximate surface area is 89.3 Å². The third-order valence-electron chi connectivity index (χ3n) is 1.73. The van der Waals surface area contributed by atoms with Crippen LogP contribution in [-0.4, -0.2) is 19.5 Å². The zero-order chi connectivity index (χ0) is 10.8. The number of nitrogens with zero attached hydrogens (tertiary/aromatic N) is 4. The molecule has 0 fully saturated rings. The highest BCUT2D eigenvalue weighted by atomic mass is 35.5. The molecule has 7 heteroatoms. The summed E-state index contributed by atoms with van der Waals surface area (Å²) in [5, 5.41) is 10.9. The number of rotatable bonds is 2. The van der Waals surface area contributed by atoms with Crippen molar-refractivity contribution in [3.63, 3.8) is 0 Å². The van der Waals surface area contributed by atoms with E-state index in [2.05, 4.69) is 9.97 Å². The summed E-state index contributed by atoms with van der Waals surface area (Å²) in [6.45, 7) is 0. The van der Waals surface area contributed by atoms with Crippen molar-refractivity contribution >= 4 is 17.4 Å². The Balaban J connectivity index is 2.37. The van der Waals surface area contributed by atoms with Gasteiger partial charge in [-0.15, -0.1) is 0 Å². The van der Waals surface area contributed by atoms with Crippen molar-refractivity contribution in [3.05, 3.63) is 46.0 Å². The van der Waals surface area contributed by atoms with Gasteiger partial charge in [-0.1, -0.05) is 11.6 Å². The van der Waals surface area contributed by atoms with Crippen LogP contribution in [0, 0.1) is 10.1 Å². The highest BCUT2D eigenvalue weighted by Crippen LogP contribution is 2.13. The van der Waals surface area contributed by atoms with E-state index in [0.717, 1.165) is 0 Å². The summed E-state index contributed by atoms with van der Waals surface area (Å²) >= 11 is 5.66. The lowest BCUT2D eigenvalue weighted by atomic mass is 10.4. The molecule has 0 N–H and O–H groups in total. The van der Waals surface area contributed by atoms with E-state index in [1.165, 1.54) is 23.3 Å². The summed E-state index contributed by atoms with van der Waals surface area (Å²) in [5.74, 6) is 0.312. The second kappa shape index (κ2) is 3.66. The van der Waals surface area contributed by atoms with E-state index in [0.29, 0.717) is 10.8 Å². The fraction of sp³-hybridized carbons (Fsp3) is 0. The molecular weight excluding hydrogens is 220 g/mol. The van der Waals surface area contributed by atoms with E-state index < -0.39 is 4.92 Å². The van der Waals surface area contributed by atoms with Gasteiger partial charge in [0.25, 0.3) is 0 Å². The second-order valence-electron chi connectivity index (χ2n) is 2.73. The standard InChI is InChI=1S/C8H5ClN4O2/c9-6-1-2-7(10-3-6)12-4-8(11-5-12)13(14)15/h1-5H. The molecule has 0 bridgehead atoms. The predicted molar refractivity (Wildman–Crippen MR) is 53.0 cm³/mol. The van der Waals surface area contributed by atoms with Gasteiger partial charge in [0.05, 0.1) is 5.02 Å². The molecule has 0 atom stereocenters. The third kappa shape index (κ3) is 1.94. The molecule has 2 aromatic heterocycles. The van der Waals surface area contributed by atoms with Gasteiger partial charge in [-0.2, -0.15) is 0 Å². The zero-order valence-corrected chi connectivity index (χ0v) is 8.13. The Bertz CT molecular complexity index is 494. The molecule has 0 aliphatic carbocycles. The van der Waals surface area contributed by atoms with Crippen LogP contribution in [-0.2, 0) is 0 Å². The second-order valence-corrected chi connectivity index (χ2v) is 3.17. The molecule has 2 rings (SSSR count). The molecule has 2 heterocycles. The van der Waals surface area contributed by atoms with Gasteiger partial charge in [-0.05, 0) is 22.0 Å². The van der Waals surface area contributed by atoms with Gasteiger partial charge in [0, 0.05) is 6.20 Å². The van der Waals surface area contributed by atoms with Gasteiger partial charge in [0.1, 0.15) is 12.0 Å². The number of nitro groups is 1. The van der Waals surface area contributed by atoms with E-state index in [1.54, 1.807) is 12.1 Å². The average molecular weight is 225 g/mol. The number of hydrogen-bond donors (Lipinski definition) is 0. The van der Waals surface area contributed by atoms with Gasteiger partial charge >= 0.3 is 5.82 Å². The first-order chi connectivity index (χ1) is 7.16. The molecule has 15 heavy (non-hydrogen) atoms. The summed E-state index contributed by atoms with van der Waals surface area (Å²) in [5.41, 5.74) is 0. The fourth-order valence-corrected chi connectivity index (χ4v) is 1.16. The average Bonchev–Trinajstić information content (AvgIpc) is 2.68. The minimum Gasteiger partial charge on any atom is -0.358 e. The normalized spacial score (nSPS) is 10.2. The van der Waals surface area contributed by atoms with Gasteiger partial charge in [-0.25, -0.2) is 4.98 Å². The first kappa shape index (κ1) is 9.60. The largest absolute Gasteiger partial charge is 0.381 e. The molecule has 0 unspecified atom stereocenters. The molecule has 76 valence electrons. The Kier molecular flexibility index (Phi) is 2.34. The molecule has 0 spiro atoms. The number of aromatic nitrogens is 3. The van der Waals surface area contributed by atoms with E-state index in [-0.39, 0.29) is 5.82 Å². The van der Waals surface area contributed by atoms with Crippen LogP contribution in [0.4, 0.5) is 5.82 Å². The smallest absolute Gasteiger partial charge is 0.358 e. The molecule has 6 nitrogen and oxygen atoms in total. The molecule has 0 saturated heterocycles. The van der Waals surface area contributed by atoms with Crippen LogP contribution in [0.5, 0.6) is 0 Å². The highest BCUT2D eigenvalue weighted by Gasteiger charge is 2.10.